The molecule has 2 aromatic carbocycles. The van der Waals surface area contributed by atoms with Crippen molar-refractivity contribution in [3.05, 3.63) is 71.8 Å². The van der Waals surface area contributed by atoms with Crippen LogP contribution in [0.5, 0.6) is 0 Å². The topological polar surface area (TPSA) is 37.3 Å². The standard InChI is InChI=1S/C15H14O2/c16-14(11-12-7-3-1-4-8-12)15(17)13-9-5-2-6-10-13/h1-10,14,16H,11H2. The molecule has 1 atom stereocenters. The molecule has 2 heteroatoms. The Balaban J connectivity index is 2.06. The van der Waals surface area contributed by atoms with Crippen LogP contribution < -0.4 is 0 Å². The van der Waals surface area contributed by atoms with E-state index in [1.165, 1.54) is 0 Å². The van der Waals surface area contributed by atoms with Gasteiger partial charge in [-0.05, 0) is 5.56 Å². The van der Waals surface area contributed by atoms with Gasteiger partial charge in [0.15, 0.2) is 5.78 Å². The molecule has 0 heterocycles. The summed E-state index contributed by atoms with van der Waals surface area (Å²) in [6.07, 6.45) is -0.617. The molecule has 0 amide bonds. The summed E-state index contributed by atoms with van der Waals surface area (Å²) in [5.74, 6) is -0.227. The quantitative estimate of drug-likeness (QED) is 0.813. The van der Waals surface area contributed by atoms with Gasteiger partial charge in [0.25, 0.3) is 0 Å². The van der Waals surface area contributed by atoms with Crippen molar-refractivity contribution in [3.8, 4) is 0 Å². The van der Waals surface area contributed by atoms with E-state index in [0.717, 1.165) is 5.56 Å². The lowest BCUT2D eigenvalue weighted by Gasteiger charge is -2.09. The van der Waals surface area contributed by atoms with Crippen LogP contribution in [-0.4, -0.2) is 17.0 Å². The summed E-state index contributed by atoms with van der Waals surface area (Å²) in [4.78, 5) is 11.9. The third-order valence-electron chi connectivity index (χ3n) is 2.63. The van der Waals surface area contributed by atoms with Gasteiger partial charge in [-0.15, -0.1) is 0 Å². The highest BCUT2D eigenvalue weighted by Crippen LogP contribution is 2.09. The van der Waals surface area contributed by atoms with Gasteiger partial charge in [0.1, 0.15) is 6.10 Å². The second kappa shape index (κ2) is 5.41. The Labute approximate surface area is 101 Å². The number of hydrogen-bond acceptors (Lipinski definition) is 2. The van der Waals surface area contributed by atoms with Crippen molar-refractivity contribution in [1.29, 1.82) is 0 Å². The second-order valence-corrected chi connectivity index (χ2v) is 3.94. The third kappa shape index (κ3) is 3.02. The van der Waals surface area contributed by atoms with Crippen molar-refractivity contribution < 1.29 is 9.90 Å². The normalized spacial score (nSPS) is 12.1. The van der Waals surface area contributed by atoms with Crippen molar-refractivity contribution in [2.24, 2.45) is 0 Å². The summed E-state index contributed by atoms with van der Waals surface area (Å²) < 4.78 is 0. The molecule has 0 aromatic heterocycles. The minimum Gasteiger partial charge on any atom is -0.385 e. The van der Waals surface area contributed by atoms with Gasteiger partial charge in [0.2, 0.25) is 0 Å². The average Bonchev–Trinajstić information content (AvgIpc) is 2.40. The Hall–Kier alpha value is -1.93. The summed E-state index contributed by atoms with van der Waals surface area (Å²) in [5, 5.41) is 9.88. The van der Waals surface area contributed by atoms with Crippen LogP contribution >= 0.6 is 0 Å². The van der Waals surface area contributed by atoms with Gasteiger partial charge < -0.3 is 5.11 Å². The van der Waals surface area contributed by atoms with Gasteiger partial charge in [0.05, 0.1) is 0 Å². The molecular formula is C15H14O2. The van der Waals surface area contributed by atoms with Crippen molar-refractivity contribution in [2.45, 2.75) is 12.5 Å². The largest absolute Gasteiger partial charge is 0.385 e. The number of aliphatic hydroxyl groups excluding tert-OH is 1. The van der Waals surface area contributed by atoms with Crippen LogP contribution in [0.4, 0.5) is 0 Å². The lowest BCUT2D eigenvalue weighted by molar-refractivity contribution is 0.0748. The number of carbonyl (C=O) groups is 1. The number of carbonyl (C=O) groups excluding carboxylic acids is 1. The van der Waals surface area contributed by atoms with E-state index in [1.54, 1.807) is 24.3 Å². The van der Waals surface area contributed by atoms with E-state index < -0.39 is 6.10 Å². The van der Waals surface area contributed by atoms with Crippen molar-refractivity contribution in [2.75, 3.05) is 0 Å². The molecule has 1 unspecified atom stereocenters. The fourth-order valence-electron chi connectivity index (χ4n) is 1.72. The Kier molecular flexibility index (Phi) is 3.68. The first kappa shape index (κ1) is 11.6. The monoisotopic (exact) mass is 226 g/mol. The van der Waals surface area contributed by atoms with E-state index in [2.05, 4.69) is 0 Å². The highest BCUT2D eigenvalue weighted by Gasteiger charge is 2.16. The maximum atomic E-state index is 11.9. The molecule has 0 spiro atoms. The first-order valence-corrected chi connectivity index (χ1v) is 5.58. The van der Waals surface area contributed by atoms with Crippen LogP contribution in [0.1, 0.15) is 15.9 Å². The summed E-state index contributed by atoms with van der Waals surface area (Å²) in [6.45, 7) is 0. The number of ketones is 1. The molecule has 0 fully saturated rings. The van der Waals surface area contributed by atoms with Gasteiger partial charge in [-0.3, -0.25) is 4.79 Å². The third-order valence-corrected chi connectivity index (χ3v) is 2.63. The zero-order valence-corrected chi connectivity index (χ0v) is 9.41. The molecule has 0 aliphatic heterocycles. The molecule has 0 saturated carbocycles. The van der Waals surface area contributed by atoms with Gasteiger partial charge in [0, 0.05) is 12.0 Å². The maximum Gasteiger partial charge on any atom is 0.191 e. The van der Waals surface area contributed by atoms with E-state index >= 15 is 0 Å². The minimum atomic E-state index is -0.972. The van der Waals surface area contributed by atoms with Crippen molar-refractivity contribution in [3.63, 3.8) is 0 Å². The smallest absolute Gasteiger partial charge is 0.191 e. The molecule has 0 saturated heterocycles. The highest BCUT2D eigenvalue weighted by molar-refractivity contribution is 5.99. The van der Waals surface area contributed by atoms with E-state index in [0.29, 0.717) is 12.0 Å². The van der Waals surface area contributed by atoms with Crippen LogP contribution in [0.15, 0.2) is 60.7 Å². The molecule has 1 N–H and O–H groups in total. The number of aliphatic hydroxyl groups is 1. The number of rotatable bonds is 4. The minimum absolute atomic E-state index is 0.227. The van der Waals surface area contributed by atoms with Gasteiger partial charge in [-0.25, -0.2) is 0 Å². The van der Waals surface area contributed by atoms with Crippen LogP contribution in [0.2, 0.25) is 0 Å². The zero-order valence-electron chi connectivity index (χ0n) is 9.41. The molecule has 17 heavy (non-hydrogen) atoms. The molecule has 86 valence electrons. The van der Waals surface area contributed by atoms with E-state index in [4.69, 9.17) is 0 Å². The van der Waals surface area contributed by atoms with Crippen molar-refractivity contribution in [1.82, 2.24) is 0 Å². The van der Waals surface area contributed by atoms with Crippen molar-refractivity contribution >= 4 is 5.78 Å². The molecule has 0 aliphatic rings. The predicted octanol–water partition coefficient (Wildman–Crippen LogP) is 2.47. The molecular weight excluding hydrogens is 212 g/mol. The Morgan fingerprint density at radius 2 is 1.47 bits per heavy atom. The highest BCUT2D eigenvalue weighted by atomic mass is 16.3. The zero-order chi connectivity index (χ0) is 12.1. The number of benzene rings is 2. The van der Waals surface area contributed by atoms with E-state index in [1.807, 2.05) is 36.4 Å². The summed E-state index contributed by atoms with van der Waals surface area (Å²) >= 11 is 0. The molecule has 2 aromatic rings. The molecule has 2 nitrogen and oxygen atoms in total. The Bertz CT molecular complexity index is 477. The fraction of sp³-hybridized carbons (Fsp3) is 0.133. The first-order chi connectivity index (χ1) is 8.27. The van der Waals surface area contributed by atoms with E-state index in [9.17, 15) is 9.90 Å². The number of Topliss-reactive ketones (excluding diaryl/α,β-unsaturated/α-hetero) is 1. The first-order valence-electron chi connectivity index (χ1n) is 5.58. The number of hydrogen-bond donors (Lipinski definition) is 1. The van der Waals surface area contributed by atoms with Crippen LogP contribution in [0.25, 0.3) is 0 Å². The molecule has 0 bridgehead atoms. The predicted molar refractivity (Wildman–Crippen MR) is 66.9 cm³/mol. The van der Waals surface area contributed by atoms with Crippen LogP contribution in [0, 0.1) is 0 Å². The summed E-state index contributed by atoms with van der Waals surface area (Å²) in [5.41, 5.74) is 1.51. The summed E-state index contributed by atoms with van der Waals surface area (Å²) in [7, 11) is 0. The summed E-state index contributed by atoms with van der Waals surface area (Å²) in [6, 6.07) is 18.4. The molecule has 0 aliphatic carbocycles. The Morgan fingerprint density at radius 3 is 2.06 bits per heavy atom. The van der Waals surface area contributed by atoms with Gasteiger partial charge in [-0.2, -0.15) is 0 Å². The fourth-order valence-corrected chi connectivity index (χ4v) is 1.72. The van der Waals surface area contributed by atoms with E-state index in [-0.39, 0.29) is 5.78 Å². The lowest BCUT2D eigenvalue weighted by Crippen LogP contribution is -2.22. The van der Waals surface area contributed by atoms with Crippen LogP contribution in [-0.2, 0) is 6.42 Å². The van der Waals surface area contributed by atoms with Gasteiger partial charge >= 0.3 is 0 Å². The molecule has 0 radical (unpaired) electrons. The SMILES string of the molecule is O=C(c1ccccc1)C(O)Cc1ccccc1. The average molecular weight is 226 g/mol. The lowest BCUT2D eigenvalue weighted by atomic mass is 10.0. The van der Waals surface area contributed by atoms with Crippen LogP contribution in [0.3, 0.4) is 0 Å². The maximum absolute atomic E-state index is 11.9. The molecule has 2 rings (SSSR count). The van der Waals surface area contributed by atoms with Gasteiger partial charge in [-0.1, -0.05) is 60.7 Å². The second-order valence-electron chi connectivity index (χ2n) is 3.94. The Morgan fingerprint density at radius 1 is 0.941 bits per heavy atom.